The average molecular weight is 542 g/mol. The van der Waals surface area contributed by atoms with E-state index in [-0.39, 0.29) is 23.7 Å². The molecule has 4 aromatic heterocycles. The van der Waals surface area contributed by atoms with E-state index in [9.17, 15) is 4.39 Å². The van der Waals surface area contributed by atoms with E-state index in [4.69, 9.17) is 14.1 Å². The van der Waals surface area contributed by atoms with Crippen molar-refractivity contribution in [1.82, 2.24) is 35.5 Å². The van der Waals surface area contributed by atoms with Crippen molar-refractivity contribution < 1.29 is 13.5 Å². The molecular weight excluding hydrogens is 509 g/mol. The number of H-pyrrole nitrogens is 2. The van der Waals surface area contributed by atoms with Crippen LogP contribution < -0.4 is 5.32 Å². The summed E-state index contributed by atoms with van der Waals surface area (Å²) in [5, 5.41) is 14.3. The molecule has 1 fully saturated rings. The zero-order valence-corrected chi connectivity index (χ0v) is 22.8. The fraction of sp³-hybridized carbons (Fsp3) is 0.400. The lowest BCUT2D eigenvalue weighted by atomic mass is 9.71. The first-order chi connectivity index (χ1) is 19.4. The number of ether oxygens (including phenoxy) is 1. The molecule has 1 unspecified atom stereocenters. The van der Waals surface area contributed by atoms with Crippen molar-refractivity contribution in [3.8, 4) is 11.4 Å². The maximum absolute atomic E-state index is 13.9. The molecule has 206 valence electrons. The molecule has 0 bridgehead atoms. The highest BCUT2D eigenvalue weighted by Crippen LogP contribution is 2.49. The van der Waals surface area contributed by atoms with Gasteiger partial charge in [0.25, 0.3) is 0 Å². The Balaban J connectivity index is 1.40. The summed E-state index contributed by atoms with van der Waals surface area (Å²) in [4.78, 5) is 16.4. The van der Waals surface area contributed by atoms with Crippen molar-refractivity contribution >= 4 is 10.9 Å². The van der Waals surface area contributed by atoms with Crippen LogP contribution in [0.2, 0.25) is 0 Å². The molecule has 2 aliphatic rings. The SMILES string of the molecule is Cc1nc(-c2cnc([C@H]3Cc4c([nH]c5ccccc45)C(c4nnc(C(C)C)o4)(C4CCOCC4)N3)[nH]2)ccc1F. The molecule has 2 atom stereocenters. The van der Waals surface area contributed by atoms with Crippen molar-refractivity contribution in [3.05, 3.63) is 83.0 Å². The van der Waals surface area contributed by atoms with Crippen LogP contribution in [0.1, 0.15) is 73.2 Å². The Bertz CT molecular complexity index is 1680. The number of aromatic amines is 2. The van der Waals surface area contributed by atoms with E-state index in [1.807, 2.05) is 6.07 Å². The third kappa shape index (κ3) is 3.97. The van der Waals surface area contributed by atoms with Gasteiger partial charge in [-0.15, -0.1) is 10.2 Å². The quantitative estimate of drug-likeness (QED) is 0.270. The molecule has 2 aliphatic heterocycles. The van der Waals surface area contributed by atoms with E-state index < -0.39 is 5.54 Å². The molecule has 9 nitrogen and oxygen atoms in total. The summed E-state index contributed by atoms with van der Waals surface area (Å²) in [6.45, 7) is 7.11. The molecule has 6 heterocycles. The maximum Gasteiger partial charge on any atom is 0.242 e. The van der Waals surface area contributed by atoms with Gasteiger partial charge in [0.05, 0.1) is 29.3 Å². The van der Waals surface area contributed by atoms with Gasteiger partial charge in [0, 0.05) is 35.7 Å². The Morgan fingerprint density at radius 3 is 2.65 bits per heavy atom. The average Bonchev–Trinajstić information content (AvgIpc) is 3.73. The minimum Gasteiger partial charge on any atom is -0.423 e. The molecule has 1 saturated heterocycles. The van der Waals surface area contributed by atoms with Crippen LogP contribution in [0.3, 0.4) is 0 Å². The highest BCUT2D eigenvalue weighted by molar-refractivity contribution is 5.85. The summed E-state index contributed by atoms with van der Waals surface area (Å²) in [5.74, 6) is 1.87. The van der Waals surface area contributed by atoms with Crippen LogP contribution in [-0.2, 0) is 16.7 Å². The molecule has 3 N–H and O–H groups in total. The standard InChI is InChI=1S/C30H32FN7O2/c1-16(2)28-37-38-29(40-28)30(18-10-12-39-13-11-18)26-20(19-6-4-5-7-22(19)34-26)14-24(36-30)27-32-15-25(35-27)23-9-8-21(31)17(3)33-23/h4-9,15-16,18,24,34,36H,10-14H2,1-3H3,(H,32,35)/t24-,30?/m1/s1. The Kier molecular flexibility index (Phi) is 6.05. The highest BCUT2D eigenvalue weighted by atomic mass is 19.1. The van der Waals surface area contributed by atoms with Crippen LogP contribution in [-0.4, -0.2) is 43.3 Å². The first-order valence-corrected chi connectivity index (χ1v) is 13.9. The Labute approximate surface area is 231 Å². The molecule has 40 heavy (non-hydrogen) atoms. The van der Waals surface area contributed by atoms with Crippen molar-refractivity contribution in [3.63, 3.8) is 0 Å². The van der Waals surface area contributed by atoms with Crippen LogP contribution in [0.15, 0.2) is 47.0 Å². The fourth-order valence-corrected chi connectivity index (χ4v) is 6.28. The van der Waals surface area contributed by atoms with Crippen molar-refractivity contribution in [2.75, 3.05) is 13.2 Å². The zero-order valence-electron chi connectivity index (χ0n) is 22.8. The van der Waals surface area contributed by atoms with Gasteiger partial charge >= 0.3 is 0 Å². The molecule has 0 aliphatic carbocycles. The number of imidazole rings is 1. The molecule has 7 rings (SSSR count). The van der Waals surface area contributed by atoms with E-state index in [2.05, 4.69) is 62.5 Å². The topological polar surface area (TPSA) is 118 Å². The van der Waals surface area contributed by atoms with Crippen LogP contribution in [0.25, 0.3) is 22.3 Å². The number of rotatable bonds is 5. The number of nitrogens with one attached hydrogen (secondary N) is 3. The number of fused-ring (bicyclic) bond motifs is 3. The molecule has 5 aromatic rings. The lowest BCUT2D eigenvalue weighted by Crippen LogP contribution is -2.56. The third-order valence-corrected chi connectivity index (χ3v) is 8.35. The number of pyridine rings is 1. The predicted molar refractivity (Wildman–Crippen MR) is 147 cm³/mol. The molecule has 0 amide bonds. The largest absolute Gasteiger partial charge is 0.423 e. The normalized spacial score (nSPS) is 21.8. The van der Waals surface area contributed by atoms with Gasteiger partial charge in [-0.05, 0) is 55.9 Å². The first kappa shape index (κ1) is 25.1. The van der Waals surface area contributed by atoms with Crippen LogP contribution in [0.4, 0.5) is 4.39 Å². The fourth-order valence-electron chi connectivity index (χ4n) is 6.28. The van der Waals surface area contributed by atoms with E-state index >= 15 is 0 Å². The molecule has 1 aromatic carbocycles. The second-order valence-corrected chi connectivity index (χ2v) is 11.2. The molecule has 0 saturated carbocycles. The van der Waals surface area contributed by atoms with Gasteiger partial charge in [-0.3, -0.25) is 5.32 Å². The van der Waals surface area contributed by atoms with E-state index in [1.165, 1.54) is 17.0 Å². The van der Waals surface area contributed by atoms with Gasteiger partial charge in [0.1, 0.15) is 17.2 Å². The predicted octanol–water partition coefficient (Wildman–Crippen LogP) is 5.46. The molecule has 0 radical (unpaired) electrons. The van der Waals surface area contributed by atoms with E-state index in [0.717, 1.165) is 35.6 Å². The van der Waals surface area contributed by atoms with Crippen LogP contribution in [0.5, 0.6) is 0 Å². The number of halogens is 1. The highest BCUT2D eigenvalue weighted by Gasteiger charge is 2.53. The number of hydrogen-bond acceptors (Lipinski definition) is 7. The Morgan fingerprint density at radius 1 is 1.05 bits per heavy atom. The first-order valence-electron chi connectivity index (χ1n) is 13.9. The summed E-state index contributed by atoms with van der Waals surface area (Å²) in [6.07, 6.45) is 4.16. The molecular formula is C30H32FN7O2. The van der Waals surface area contributed by atoms with Gasteiger partial charge in [0.15, 0.2) is 0 Å². The van der Waals surface area contributed by atoms with Gasteiger partial charge in [0.2, 0.25) is 11.8 Å². The minimum atomic E-state index is -0.765. The van der Waals surface area contributed by atoms with Gasteiger partial charge in [-0.2, -0.15) is 0 Å². The summed E-state index contributed by atoms with van der Waals surface area (Å²) < 4.78 is 26.1. The third-order valence-electron chi connectivity index (χ3n) is 8.35. The lowest BCUT2D eigenvalue weighted by molar-refractivity contribution is 0.0221. The summed E-state index contributed by atoms with van der Waals surface area (Å²) in [6, 6.07) is 11.3. The van der Waals surface area contributed by atoms with E-state index in [1.54, 1.807) is 19.2 Å². The van der Waals surface area contributed by atoms with Crippen LogP contribution in [0, 0.1) is 18.7 Å². The van der Waals surface area contributed by atoms with Gasteiger partial charge in [-0.25, -0.2) is 14.4 Å². The second kappa shape index (κ2) is 9.64. The molecule has 0 spiro atoms. The zero-order chi connectivity index (χ0) is 27.4. The Hall–Kier alpha value is -3.89. The van der Waals surface area contributed by atoms with Crippen LogP contribution >= 0.6 is 0 Å². The number of hydrogen-bond donors (Lipinski definition) is 3. The number of nitrogens with zero attached hydrogens (tertiary/aromatic N) is 4. The van der Waals surface area contributed by atoms with Crippen molar-refractivity contribution in [1.29, 1.82) is 0 Å². The smallest absolute Gasteiger partial charge is 0.242 e. The number of aromatic nitrogens is 6. The molecule has 10 heteroatoms. The van der Waals surface area contributed by atoms with Gasteiger partial charge in [-0.1, -0.05) is 32.0 Å². The number of benzene rings is 1. The summed E-state index contributed by atoms with van der Waals surface area (Å²) in [7, 11) is 0. The second-order valence-electron chi connectivity index (χ2n) is 11.2. The lowest BCUT2D eigenvalue weighted by Gasteiger charge is -2.45. The Morgan fingerprint density at radius 2 is 1.88 bits per heavy atom. The number of aryl methyl sites for hydroxylation is 1. The summed E-state index contributed by atoms with van der Waals surface area (Å²) in [5.41, 5.74) is 4.32. The van der Waals surface area contributed by atoms with Crippen molar-refractivity contribution in [2.24, 2.45) is 5.92 Å². The maximum atomic E-state index is 13.9. The minimum absolute atomic E-state index is 0.105. The number of para-hydroxylation sites is 1. The van der Waals surface area contributed by atoms with Crippen molar-refractivity contribution in [2.45, 2.75) is 57.5 Å². The monoisotopic (exact) mass is 541 g/mol. The van der Waals surface area contributed by atoms with E-state index in [0.29, 0.717) is 42.8 Å². The summed E-state index contributed by atoms with van der Waals surface area (Å²) >= 11 is 0. The van der Waals surface area contributed by atoms with Gasteiger partial charge < -0.3 is 19.1 Å².